The monoisotopic (exact) mass is 575 g/mol. The van der Waals surface area contributed by atoms with Crippen LogP contribution in [0.25, 0.3) is 54.7 Å². The van der Waals surface area contributed by atoms with Crippen molar-refractivity contribution in [2.45, 2.75) is 6.04 Å². The third-order valence-corrected chi connectivity index (χ3v) is 8.99. The molecule has 0 radical (unpaired) electrons. The maximum absolute atomic E-state index is 5.15. The molecular formula is C42H29N3. The maximum Gasteiger partial charge on any atom is 0.134 e. The van der Waals surface area contributed by atoms with Crippen molar-refractivity contribution in [2.75, 3.05) is 0 Å². The molecule has 9 rings (SSSR count). The van der Waals surface area contributed by atoms with Gasteiger partial charge >= 0.3 is 0 Å². The molecule has 0 spiro atoms. The number of nitrogens with zero attached hydrogens (tertiary/aromatic N) is 2. The standard InChI is InChI=1S/C42H29N3/c1-3-12-28(13-4-1)37-27-38(29-14-5-2-6-15-29)44-42(43-37)33-22-23-34-32(24-33)18-11-21-39(34)45-40-20-10-9-19-35(40)36-25-30-16-7-8-17-31(30)26-41(36)45/h1-27,37H,(H,43,44). The molecule has 0 saturated carbocycles. The van der Waals surface area contributed by atoms with Gasteiger partial charge in [0.1, 0.15) is 5.84 Å². The maximum atomic E-state index is 5.15. The quantitative estimate of drug-likeness (QED) is 0.222. The summed E-state index contributed by atoms with van der Waals surface area (Å²) in [6.07, 6.45) is 2.22. The van der Waals surface area contributed by atoms with Gasteiger partial charge in [-0.3, -0.25) is 0 Å². The molecule has 0 amide bonds. The van der Waals surface area contributed by atoms with Gasteiger partial charge in [0.05, 0.1) is 28.5 Å². The van der Waals surface area contributed by atoms with Crippen LogP contribution in [0.1, 0.15) is 22.7 Å². The molecule has 1 aliphatic heterocycles. The number of hydrogen-bond acceptors (Lipinski definition) is 2. The van der Waals surface area contributed by atoms with E-state index in [4.69, 9.17) is 4.99 Å². The van der Waals surface area contributed by atoms with Crippen LogP contribution in [0.5, 0.6) is 0 Å². The third-order valence-electron chi connectivity index (χ3n) is 8.99. The Kier molecular flexibility index (Phi) is 5.88. The Hall–Kier alpha value is -5.93. The Bertz CT molecular complexity index is 2450. The van der Waals surface area contributed by atoms with E-state index in [1.807, 2.05) is 6.07 Å². The van der Waals surface area contributed by atoms with E-state index in [-0.39, 0.29) is 6.04 Å². The lowest BCUT2D eigenvalue weighted by Crippen LogP contribution is -2.31. The van der Waals surface area contributed by atoms with Crippen LogP contribution in [0.15, 0.2) is 169 Å². The zero-order valence-electron chi connectivity index (χ0n) is 24.6. The van der Waals surface area contributed by atoms with Gasteiger partial charge in [0.2, 0.25) is 0 Å². The number of para-hydroxylation sites is 1. The number of benzene rings is 7. The van der Waals surface area contributed by atoms with Crippen molar-refractivity contribution in [2.24, 2.45) is 4.99 Å². The zero-order valence-corrected chi connectivity index (χ0v) is 24.6. The molecule has 212 valence electrons. The molecule has 0 bridgehead atoms. The van der Waals surface area contributed by atoms with Crippen LogP contribution in [0.3, 0.4) is 0 Å². The van der Waals surface area contributed by atoms with Crippen molar-refractivity contribution in [3.05, 3.63) is 180 Å². The summed E-state index contributed by atoms with van der Waals surface area (Å²) in [5, 5.41) is 11.1. The second-order valence-corrected chi connectivity index (χ2v) is 11.7. The van der Waals surface area contributed by atoms with Gasteiger partial charge in [-0.15, -0.1) is 0 Å². The molecule has 1 atom stereocenters. The van der Waals surface area contributed by atoms with Crippen molar-refractivity contribution in [3.63, 3.8) is 0 Å². The highest BCUT2D eigenvalue weighted by molar-refractivity contribution is 6.15. The first-order valence-corrected chi connectivity index (χ1v) is 15.4. The van der Waals surface area contributed by atoms with Gasteiger partial charge < -0.3 is 9.88 Å². The van der Waals surface area contributed by atoms with Crippen LogP contribution >= 0.6 is 0 Å². The fraction of sp³-hybridized carbons (Fsp3) is 0.0238. The normalized spacial score (nSPS) is 14.9. The summed E-state index contributed by atoms with van der Waals surface area (Å²) in [6.45, 7) is 0. The number of amidine groups is 1. The molecule has 2 heterocycles. The van der Waals surface area contributed by atoms with Crippen LogP contribution in [0.4, 0.5) is 0 Å². The molecule has 1 N–H and O–H groups in total. The van der Waals surface area contributed by atoms with E-state index in [0.717, 1.165) is 22.7 Å². The van der Waals surface area contributed by atoms with E-state index in [1.165, 1.54) is 54.6 Å². The average molecular weight is 576 g/mol. The number of fused-ring (bicyclic) bond motifs is 5. The van der Waals surface area contributed by atoms with Gasteiger partial charge in [0.25, 0.3) is 0 Å². The van der Waals surface area contributed by atoms with Gasteiger partial charge in [-0.05, 0) is 63.7 Å². The highest BCUT2D eigenvalue weighted by atomic mass is 15.0. The topological polar surface area (TPSA) is 29.3 Å². The van der Waals surface area contributed by atoms with Crippen LogP contribution in [0, 0.1) is 0 Å². The van der Waals surface area contributed by atoms with Gasteiger partial charge in [-0.25, -0.2) is 4.99 Å². The molecule has 0 fully saturated rings. The van der Waals surface area contributed by atoms with Crippen molar-refractivity contribution >= 4 is 54.9 Å². The largest absolute Gasteiger partial charge is 0.359 e. The predicted molar refractivity (Wildman–Crippen MR) is 189 cm³/mol. The predicted octanol–water partition coefficient (Wildman–Crippen LogP) is 10.2. The molecule has 0 aliphatic carbocycles. The van der Waals surface area contributed by atoms with Gasteiger partial charge in [0.15, 0.2) is 0 Å². The summed E-state index contributed by atoms with van der Waals surface area (Å²) < 4.78 is 2.43. The molecule has 45 heavy (non-hydrogen) atoms. The second-order valence-electron chi connectivity index (χ2n) is 11.7. The molecule has 3 heteroatoms. The minimum absolute atomic E-state index is 0.0170. The summed E-state index contributed by atoms with van der Waals surface area (Å²) in [7, 11) is 0. The number of nitrogens with one attached hydrogen (secondary N) is 1. The Morgan fingerprint density at radius 1 is 0.489 bits per heavy atom. The minimum Gasteiger partial charge on any atom is -0.359 e. The molecule has 1 unspecified atom stereocenters. The van der Waals surface area contributed by atoms with Gasteiger partial charge in [0, 0.05) is 21.7 Å². The number of aromatic nitrogens is 1. The third kappa shape index (κ3) is 4.32. The van der Waals surface area contributed by atoms with E-state index in [2.05, 4.69) is 168 Å². The molecular weight excluding hydrogens is 546 g/mol. The number of hydrogen-bond donors (Lipinski definition) is 1. The molecule has 7 aromatic carbocycles. The fourth-order valence-electron chi connectivity index (χ4n) is 6.82. The van der Waals surface area contributed by atoms with Crippen molar-refractivity contribution in [3.8, 4) is 5.69 Å². The number of aliphatic imine (C=N–C) groups is 1. The van der Waals surface area contributed by atoms with Crippen LogP contribution in [0.2, 0.25) is 0 Å². The molecule has 0 saturated heterocycles. The van der Waals surface area contributed by atoms with Crippen molar-refractivity contribution < 1.29 is 0 Å². The highest BCUT2D eigenvalue weighted by Gasteiger charge is 2.21. The van der Waals surface area contributed by atoms with E-state index < -0.39 is 0 Å². The Morgan fingerprint density at radius 2 is 1.20 bits per heavy atom. The average Bonchev–Trinajstić information content (AvgIpc) is 3.43. The van der Waals surface area contributed by atoms with E-state index in [9.17, 15) is 0 Å². The van der Waals surface area contributed by atoms with Gasteiger partial charge in [-0.1, -0.05) is 127 Å². The molecule has 1 aliphatic rings. The summed E-state index contributed by atoms with van der Waals surface area (Å²) in [6, 6.07) is 56.4. The van der Waals surface area contributed by atoms with E-state index >= 15 is 0 Å². The Morgan fingerprint density at radius 3 is 2.04 bits per heavy atom. The first-order valence-electron chi connectivity index (χ1n) is 15.4. The summed E-state index contributed by atoms with van der Waals surface area (Å²) in [4.78, 5) is 5.15. The molecule has 8 aromatic rings. The lowest BCUT2D eigenvalue weighted by Gasteiger charge is -2.24. The SMILES string of the molecule is C1=C(c2ccccc2)N=C(c2ccc3c(-n4c5ccccc5c5cc6ccccc6cc54)cccc3c2)NC1c1ccccc1. The summed E-state index contributed by atoms with van der Waals surface area (Å²) >= 11 is 0. The summed E-state index contributed by atoms with van der Waals surface area (Å²) in [5.74, 6) is 0.876. The Balaban J connectivity index is 1.21. The van der Waals surface area contributed by atoms with E-state index in [1.54, 1.807) is 0 Å². The highest BCUT2D eigenvalue weighted by Crippen LogP contribution is 2.37. The van der Waals surface area contributed by atoms with Crippen molar-refractivity contribution in [1.29, 1.82) is 0 Å². The lowest BCUT2D eigenvalue weighted by atomic mass is 9.99. The van der Waals surface area contributed by atoms with Crippen LogP contribution in [-0.2, 0) is 0 Å². The zero-order chi connectivity index (χ0) is 29.7. The van der Waals surface area contributed by atoms with Gasteiger partial charge in [-0.2, -0.15) is 0 Å². The molecule has 1 aromatic heterocycles. The van der Waals surface area contributed by atoms with Crippen LogP contribution < -0.4 is 5.32 Å². The first-order chi connectivity index (χ1) is 22.3. The van der Waals surface area contributed by atoms with Crippen LogP contribution in [-0.4, -0.2) is 10.4 Å². The fourth-order valence-corrected chi connectivity index (χ4v) is 6.82. The van der Waals surface area contributed by atoms with Crippen molar-refractivity contribution in [1.82, 2.24) is 9.88 Å². The van der Waals surface area contributed by atoms with E-state index in [0.29, 0.717) is 0 Å². The second kappa shape index (κ2) is 10.4. The lowest BCUT2D eigenvalue weighted by molar-refractivity contribution is 0.781. The first kappa shape index (κ1) is 25.6. The molecule has 3 nitrogen and oxygen atoms in total. The number of rotatable bonds is 4. The Labute approximate surface area is 261 Å². The smallest absolute Gasteiger partial charge is 0.134 e. The minimum atomic E-state index is 0.0170. The summed E-state index contributed by atoms with van der Waals surface area (Å²) in [5.41, 5.74) is 7.96.